The van der Waals surface area contributed by atoms with E-state index in [1.54, 1.807) is 11.8 Å². The molecule has 0 amide bonds. The number of nitrogens with two attached hydrogens (primary N) is 1. The number of aromatic nitrogens is 3. The molecule has 7 rings (SSSR count). The molecule has 1 spiro atoms. The van der Waals surface area contributed by atoms with Crippen LogP contribution in [0.3, 0.4) is 0 Å². The van der Waals surface area contributed by atoms with Crippen LogP contribution in [0.25, 0.3) is 22.2 Å². The number of fused-ring (bicyclic) bond motifs is 2. The molecule has 12 nitrogen and oxygen atoms in total. The molecule has 4 N–H and O–H groups in total. The first-order chi connectivity index (χ1) is 25.6. The van der Waals surface area contributed by atoms with Crippen molar-refractivity contribution >= 4 is 40.2 Å². The van der Waals surface area contributed by atoms with Crippen LogP contribution in [0.15, 0.2) is 6.07 Å². The number of ether oxygens (including phenoxy) is 4. The Morgan fingerprint density at radius 1 is 1.19 bits per heavy atom. The molecule has 2 aliphatic carbocycles. The molecule has 3 aromatic rings. The van der Waals surface area contributed by atoms with Crippen molar-refractivity contribution in [3.05, 3.63) is 28.0 Å². The highest BCUT2D eigenvalue weighted by atomic mass is 35.5. The van der Waals surface area contributed by atoms with E-state index in [2.05, 4.69) is 9.88 Å². The molecule has 1 aromatic carbocycles. The monoisotopic (exact) mass is 753 g/mol. The van der Waals surface area contributed by atoms with E-state index in [1.807, 2.05) is 13.8 Å². The summed E-state index contributed by atoms with van der Waals surface area (Å²) in [4.78, 5) is 18.5. The van der Waals surface area contributed by atoms with Crippen LogP contribution < -0.4 is 20.1 Å². The fourth-order valence-corrected chi connectivity index (χ4v) is 9.86. The lowest BCUT2D eigenvalue weighted by Gasteiger charge is -2.53. The SMILES string of the molecule is CCO[C@@H](C)CN(CO)c1nc(OCC23CCCC2N(C2CCC4(CCO4)CC2)CCC3)nc2c(F)c(-c3c(C)c(Cl)cc(N)c3C=N)nc(OC)c12. The predicted molar refractivity (Wildman–Crippen MR) is 204 cm³/mol. The third-order valence-electron chi connectivity index (χ3n) is 12.4. The number of likely N-dealkylation sites (tertiary alicyclic amines) is 1. The average molecular weight is 754 g/mol. The lowest BCUT2D eigenvalue weighted by molar-refractivity contribution is -0.175. The van der Waals surface area contributed by atoms with E-state index in [0.717, 1.165) is 77.2 Å². The van der Waals surface area contributed by atoms with Gasteiger partial charge in [0.25, 0.3) is 0 Å². The van der Waals surface area contributed by atoms with Gasteiger partial charge in [-0.25, -0.2) is 9.37 Å². The van der Waals surface area contributed by atoms with Gasteiger partial charge in [-0.3, -0.25) is 4.90 Å². The number of piperidine rings is 1. The second-order valence-corrected chi connectivity index (χ2v) is 15.8. The van der Waals surface area contributed by atoms with Crippen LogP contribution in [0.4, 0.5) is 15.9 Å². The van der Waals surface area contributed by atoms with Crippen LogP contribution in [0, 0.1) is 23.6 Å². The number of methoxy groups -OCH3 is 1. The summed E-state index contributed by atoms with van der Waals surface area (Å²) in [6, 6.07) is 2.48. The van der Waals surface area contributed by atoms with E-state index in [0.29, 0.717) is 35.9 Å². The van der Waals surface area contributed by atoms with E-state index in [4.69, 9.17) is 51.7 Å². The van der Waals surface area contributed by atoms with Crippen molar-refractivity contribution in [2.45, 2.75) is 109 Å². The topological polar surface area (TPSA) is 152 Å². The summed E-state index contributed by atoms with van der Waals surface area (Å²) in [5, 5.41) is 19.3. The van der Waals surface area contributed by atoms with Crippen LogP contribution in [-0.4, -0.2) is 102 Å². The smallest absolute Gasteiger partial charge is 0.319 e. The summed E-state index contributed by atoms with van der Waals surface area (Å²) >= 11 is 6.53. The minimum Gasteiger partial charge on any atom is -0.480 e. The van der Waals surface area contributed by atoms with Crippen molar-refractivity contribution in [2.24, 2.45) is 5.41 Å². The molecule has 3 atom stereocenters. The quantitative estimate of drug-likeness (QED) is 0.0974. The number of aliphatic hydroxyl groups excluding tert-OH is 1. The first kappa shape index (κ1) is 37.9. The number of halogens is 2. The minimum absolute atomic E-state index is 0.00149. The van der Waals surface area contributed by atoms with E-state index in [1.165, 1.54) is 19.6 Å². The molecule has 2 unspecified atom stereocenters. The maximum Gasteiger partial charge on any atom is 0.319 e. The summed E-state index contributed by atoms with van der Waals surface area (Å²) in [5.41, 5.74) is 7.35. The zero-order valence-corrected chi connectivity index (χ0v) is 32.1. The molecular weight excluding hydrogens is 701 g/mol. The molecule has 288 valence electrons. The summed E-state index contributed by atoms with van der Waals surface area (Å²) in [7, 11) is 1.43. The number of aliphatic hydroxyl groups is 1. The number of nitrogens with one attached hydrogen (secondary N) is 1. The number of hydrogen-bond donors (Lipinski definition) is 3. The number of rotatable bonds is 13. The maximum absolute atomic E-state index is 17.1. The fraction of sp³-hybridized carbons (Fsp3) is 0.641. The van der Waals surface area contributed by atoms with E-state index in [-0.39, 0.29) is 74.8 Å². The number of anilines is 2. The van der Waals surface area contributed by atoms with Gasteiger partial charge in [0.2, 0.25) is 5.88 Å². The Bertz CT molecular complexity index is 1840. The highest BCUT2D eigenvalue weighted by molar-refractivity contribution is 6.32. The number of benzene rings is 1. The maximum atomic E-state index is 17.1. The molecule has 0 bridgehead atoms. The zero-order valence-electron chi connectivity index (χ0n) is 31.4. The Hall–Kier alpha value is -3.36. The van der Waals surface area contributed by atoms with Gasteiger partial charge in [-0.2, -0.15) is 9.97 Å². The highest BCUT2D eigenvalue weighted by Gasteiger charge is 2.52. The summed E-state index contributed by atoms with van der Waals surface area (Å²) in [5.74, 6) is -0.527. The second-order valence-electron chi connectivity index (χ2n) is 15.4. The van der Waals surface area contributed by atoms with Gasteiger partial charge in [-0.05, 0) is 96.7 Å². The molecule has 0 radical (unpaired) electrons. The second kappa shape index (κ2) is 15.4. The molecular formula is C39H53ClFN7O5. The Kier molecular flexibility index (Phi) is 11.0. The number of nitrogen functional groups attached to an aromatic ring is 1. The average Bonchev–Trinajstić information content (AvgIpc) is 3.59. The number of hydrogen-bond acceptors (Lipinski definition) is 12. The highest BCUT2D eigenvalue weighted by Crippen LogP contribution is 2.51. The standard InChI is InChI=1S/C39H53ClFN7O5/c1-5-51-23(2)20-47(22-49)35-31-34(32(41)33(44-36(31)50-4)30-24(3)27(40)18-28(43)26(30)19-42)45-37(46-35)52-21-38-11-6-8-29(38)48(16-7-12-38)25-9-13-39(14-10-25)15-17-53-39/h18-19,23,25,29,42,49H,5-17,20-22,43H2,1-4H3/t23-,25?,29?,38?,39?/m0/s1. The van der Waals surface area contributed by atoms with Crippen molar-refractivity contribution in [1.29, 1.82) is 5.41 Å². The summed E-state index contributed by atoms with van der Waals surface area (Å²) < 4.78 is 41.4. The van der Waals surface area contributed by atoms with Gasteiger partial charge in [0.15, 0.2) is 11.6 Å². The van der Waals surface area contributed by atoms with Gasteiger partial charge in [0, 0.05) is 58.7 Å². The van der Waals surface area contributed by atoms with Crippen molar-refractivity contribution in [2.75, 3.05) is 57.4 Å². The van der Waals surface area contributed by atoms with E-state index >= 15 is 4.39 Å². The molecule has 4 heterocycles. The van der Waals surface area contributed by atoms with Gasteiger partial charge in [0.05, 0.1) is 32.0 Å². The normalized spacial score (nSPS) is 26.3. The van der Waals surface area contributed by atoms with E-state index < -0.39 is 12.5 Å². The molecule has 2 saturated heterocycles. The molecule has 4 fully saturated rings. The van der Waals surface area contributed by atoms with Gasteiger partial charge in [-0.1, -0.05) is 18.0 Å². The first-order valence-electron chi connectivity index (χ1n) is 19.1. The zero-order chi connectivity index (χ0) is 37.5. The molecule has 53 heavy (non-hydrogen) atoms. The predicted octanol–water partition coefficient (Wildman–Crippen LogP) is 6.68. The number of nitrogens with zero attached hydrogens (tertiary/aromatic N) is 5. The third kappa shape index (κ3) is 6.92. The lowest BCUT2D eigenvalue weighted by Crippen LogP contribution is -2.58. The Morgan fingerprint density at radius 3 is 2.60 bits per heavy atom. The first-order valence-corrected chi connectivity index (χ1v) is 19.5. The van der Waals surface area contributed by atoms with Gasteiger partial charge in [-0.15, -0.1) is 0 Å². The van der Waals surface area contributed by atoms with Crippen LogP contribution in [-0.2, 0) is 9.47 Å². The summed E-state index contributed by atoms with van der Waals surface area (Å²) in [6.45, 7) is 8.20. The van der Waals surface area contributed by atoms with Crippen LogP contribution in [0.2, 0.25) is 5.02 Å². The Morgan fingerprint density at radius 2 is 1.94 bits per heavy atom. The molecule has 2 saturated carbocycles. The van der Waals surface area contributed by atoms with Crippen LogP contribution in [0.5, 0.6) is 11.9 Å². The van der Waals surface area contributed by atoms with Crippen molar-refractivity contribution in [1.82, 2.24) is 19.9 Å². The van der Waals surface area contributed by atoms with Gasteiger partial charge in [0.1, 0.15) is 23.3 Å². The molecule has 4 aliphatic rings. The third-order valence-corrected chi connectivity index (χ3v) is 12.8. The molecule has 2 aliphatic heterocycles. The van der Waals surface area contributed by atoms with Crippen molar-refractivity contribution < 1.29 is 28.4 Å². The van der Waals surface area contributed by atoms with Crippen molar-refractivity contribution in [3.63, 3.8) is 0 Å². The number of pyridine rings is 1. The van der Waals surface area contributed by atoms with Crippen molar-refractivity contribution in [3.8, 4) is 23.1 Å². The molecule has 14 heteroatoms. The van der Waals surface area contributed by atoms with Gasteiger partial charge >= 0.3 is 6.01 Å². The summed E-state index contributed by atoms with van der Waals surface area (Å²) in [6.07, 6.45) is 12.0. The Labute approximate surface area is 316 Å². The largest absolute Gasteiger partial charge is 0.480 e. The van der Waals surface area contributed by atoms with Gasteiger partial charge < -0.3 is 40.1 Å². The lowest BCUT2D eigenvalue weighted by atomic mass is 9.72. The minimum atomic E-state index is -0.774. The van der Waals surface area contributed by atoms with E-state index in [9.17, 15) is 5.11 Å². The van der Waals surface area contributed by atoms with Crippen LogP contribution >= 0.6 is 11.6 Å². The fourth-order valence-electron chi connectivity index (χ4n) is 9.65. The Balaban J connectivity index is 1.29. The molecule has 2 aromatic heterocycles. The van der Waals surface area contributed by atoms with Crippen LogP contribution in [0.1, 0.15) is 89.2 Å².